The Morgan fingerprint density at radius 2 is 1.49 bits per heavy atom. The van der Waals surface area contributed by atoms with Crippen molar-refractivity contribution in [3.63, 3.8) is 0 Å². The van der Waals surface area contributed by atoms with E-state index in [-0.39, 0.29) is 28.5 Å². The van der Waals surface area contributed by atoms with Crippen molar-refractivity contribution in [1.29, 1.82) is 0 Å². The molecule has 1 fully saturated rings. The van der Waals surface area contributed by atoms with Crippen molar-refractivity contribution in [2.24, 2.45) is 0 Å². The maximum atomic E-state index is 12.8. The van der Waals surface area contributed by atoms with Crippen LogP contribution in [0.2, 0.25) is 36.3 Å². The SMILES string of the molecule is CNC(=O)NC[C@H]1O[C@@H](n2cnc3c(NC(=O)NCc4ccccc4)ncnc32)[C@H](O[Si](C)(C)C(C)(C)C)[C@@H]1O[Si](C)(C)C(C)(C)C. The molecular weight excluding hydrogens is 633 g/mol. The fourth-order valence-corrected chi connectivity index (χ4v) is 7.34. The van der Waals surface area contributed by atoms with Gasteiger partial charge in [-0.15, -0.1) is 0 Å². The second-order valence-electron chi connectivity index (χ2n) is 15.1. The molecular formula is C32H52N8O5Si2. The van der Waals surface area contributed by atoms with Crippen molar-refractivity contribution in [3.05, 3.63) is 48.5 Å². The standard InChI is InChI=1S/C32H52N8O5Si2/c1-31(2,3)46(8,9)44-24-22(18-35-29(41)33-7)43-28(25(24)45-47(10,11)32(4,5)6)40-20-38-23-26(36-19-37-27(23)40)39-30(42)34-17-21-15-13-12-14-16-21/h12-16,19-20,22,24-25,28H,17-18H2,1-11H3,(H2,33,35,41)(H2,34,36,37,39,42)/t22-,24-,25-,28-/m1/s1. The van der Waals surface area contributed by atoms with E-state index >= 15 is 0 Å². The van der Waals surface area contributed by atoms with E-state index < -0.39 is 47.2 Å². The number of hydrogen-bond acceptors (Lipinski definition) is 8. The third-order valence-corrected chi connectivity index (χ3v) is 18.6. The highest BCUT2D eigenvalue weighted by Crippen LogP contribution is 2.46. The van der Waals surface area contributed by atoms with E-state index in [0.29, 0.717) is 17.7 Å². The zero-order valence-corrected chi connectivity index (χ0v) is 31.6. The summed E-state index contributed by atoms with van der Waals surface area (Å²) < 4.78 is 22.9. The van der Waals surface area contributed by atoms with Gasteiger partial charge in [0.15, 0.2) is 39.8 Å². The predicted molar refractivity (Wildman–Crippen MR) is 188 cm³/mol. The van der Waals surface area contributed by atoms with Gasteiger partial charge in [0.1, 0.15) is 24.6 Å². The number of anilines is 1. The fourth-order valence-electron chi connectivity index (χ4n) is 4.74. The van der Waals surface area contributed by atoms with E-state index in [1.54, 1.807) is 13.4 Å². The summed E-state index contributed by atoms with van der Waals surface area (Å²) in [6.07, 6.45) is 0.779. The summed E-state index contributed by atoms with van der Waals surface area (Å²) in [5.74, 6) is 0.270. The predicted octanol–water partition coefficient (Wildman–Crippen LogP) is 5.76. The lowest BCUT2D eigenvalue weighted by molar-refractivity contribution is -0.0301. The first-order valence-electron chi connectivity index (χ1n) is 16.1. The highest BCUT2D eigenvalue weighted by atomic mass is 28.4. The molecule has 3 aromatic rings. The minimum atomic E-state index is -2.38. The van der Waals surface area contributed by atoms with Crippen LogP contribution in [0.15, 0.2) is 43.0 Å². The van der Waals surface area contributed by atoms with Crippen molar-refractivity contribution in [1.82, 2.24) is 35.5 Å². The van der Waals surface area contributed by atoms with Crippen LogP contribution in [-0.2, 0) is 20.1 Å². The van der Waals surface area contributed by atoms with E-state index in [4.69, 9.17) is 13.6 Å². The Morgan fingerprint density at radius 1 is 0.872 bits per heavy atom. The number of imidazole rings is 1. The summed E-state index contributed by atoms with van der Waals surface area (Å²) in [6.45, 7) is 22.5. The molecule has 1 saturated heterocycles. The molecule has 15 heteroatoms. The van der Waals surface area contributed by atoms with Gasteiger partial charge in [-0.1, -0.05) is 71.9 Å². The third-order valence-electron chi connectivity index (χ3n) is 9.61. The van der Waals surface area contributed by atoms with Crippen molar-refractivity contribution in [3.8, 4) is 0 Å². The smallest absolute Gasteiger partial charge is 0.320 e. The highest BCUT2D eigenvalue weighted by Gasteiger charge is 2.54. The maximum Gasteiger partial charge on any atom is 0.320 e. The van der Waals surface area contributed by atoms with Crippen LogP contribution >= 0.6 is 0 Å². The summed E-state index contributed by atoms with van der Waals surface area (Å²) in [7, 11) is -3.15. The number of carbonyl (C=O) groups is 2. The Hall–Kier alpha value is -3.38. The van der Waals surface area contributed by atoms with Gasteiger partial charge in [0.2, 0.25) is 0 Å². The molecule has 4 N–H and O–H groups in total. The molecule has 4 rings (SSSR count). The molecule has 4 atom stereocenters. The summed E-state index contributed by atoms with van der Waals surface area (Å²) in [4.78, 5) is 38.6. The summed E-state index contributed by atoms with van der Waals surface area (Å²) >= 11 is 0. The second kappa shape index (κ2) is 14.0. The topological polar surface area (TPSA) is 154 Å². The molecule has 1 aliphatic rings. The number of fused-ring (bicyclic) bond motifs is 1. The Kier molecular flexibility index (Phi) is 10.9. The van der Waals surface area contributed by atoms with E-state index in [1.165, 1.54) is 6.33 Å². The van der Waals surface area contributed by atoms with Gasteiger partial charge in [0.05, 0.1) is 6.33 Å². The average Bonchev–Trinajstić information content (AvgIpc) is 3.55. The lowest BCUT2D eigenvalue weighted by atomic mass is 10.1. The van der Waals surface area contributed by atoms with Gasteiger partial charge in [0, 0.05) is 20.1 Å². The van der Waals surface area contributed by atoms with Crippen molar-refractivity contribution in [2.75, 3.05) is 18.9 Å². The van der Waals surface area contributed by atoms with Crippen LogP contribution in [0.4, 0.5) is 15.4 Å². The number of rotatable bonds is 10. The van der Waals surface area contributed by atoms with Gasteiger partial charge in [-0.2, -0.15) is 0 Å². The zero-order valence-electron chi connectivity index (χ0n) is 29.6. The molecule has 0 saturated carbocycles. The van der Waals surface area contributed by atoms with Crippen LogP contribution in [0.3, 0.4) is 0 Å². The van der Waals surface area contributed by atoms with E-state index in [1.807, 2.05) is 34.9 Å². The van der Waals surface area contributed by atoms with Gasteiger partial charge < -0.3 is 29.5 Å². The van der Waals surface area contributed by atoms with E-state index in [0.717, 1.165) is 5.56 Å². The van der Waals surface area contributed by atoms with Gasteiger partial charge in [0.25, 0.3) is 0 Å². The second-order valence-corrected chi connectivity index (χ2v) is 24.6. The molecule has 258 valence electrons. The number of carbonyl (C=O) groups excluding carboxylic acids is 2. The quantitative estimate of drug-likeness (QED) is 0.197. The number of aromatic nitrogens is 4. The Morgan fingerprint density at radius 3 is 2.09 bits per heavy atom. The first-order valence-corrected chi connectivity index (χ1v) is 21.9. The minimum absolute atomic E-state index is 0.0814. The van der Waals surface area contributed by atoms with E-state index in [2.05, 4.69) is 104 Å². The molecule has 1 aliphatic heterocycles. The molecule has 0 aliphatic carbocycles. The normalized spacial score (nSPS) is 20.7. The lowest BCUT2D eigenvalue weighted by Crippen LogP contribution is -2.54. The van der Waals surface area contributed by atoms with Crippen molar-refractivity contribution in [2.45, 2.75) is 109 Å². The van der Waals surface area contributed by atoms with Gasteiger partial charge >= 0.3 is 12.1 Å². The minimum Gasteiger partial charge on any atom is -0.408 e. The first kappa shape index (κ1) is 36.5. The molecule has 0 unspecified atom stereocenters. The number of urea groups is 2. The van der Waals surface area contributed by atoms with Crippen molar-refractivity contribution < 1.29 is 23.2 Å². The third kappa shape index (κ3) is 8.38. The molecule has 13 nitrogen and oxygen atoms in total. The molecule has 0 spiro atoms. The average molecular weight is 685 g/mol. The van der Waals surface area contributed by atoms with Gasteiger partial charge in [-0.3, -0.25) is 9.88 Å². The summed E-state index contributed by atoms with van der Waals surface area (Å²) in [6, 6.07) is 8.92. The van der Waals surface area contributed by atoms with Crippen LogP contribution in [0.25, 0.3) is 11.2 Å². The number of ether oxygens (including phenoxy) is 1. The molecule has 0 radical (unpaired) electrons. The summed E-state index contributed by atoms with van der Waals surface area (Å²) in [5, 5.41) is 11.0. The molecule has 0 bridgehead atoms. The number of nitrogens with one attached hydrogen (secondary N) is 4. The van der Waals surface area contributed by atoms with Gasteiger partial charge in [-0.05, 0) is 41.8 Å². The zero-order chi connectivity index (χ0) is 34.8. The summed E-state index contributed by atoms with van der Waals surface area (Å²) in [5.41, 5.74) is 1.85. The van der Waals surface area contributed by atoms with Crippen LogP contribution in [-0.4, -0.2) is 80.1 Å². The first-order chi connectivity index (χ1) is 21.8. The maximum absolute atomic E-state index is 12.8. The van der Waals surface area contributed by atoms with Gasteiger partial charge in [-0.25, -0.2) is 24.5 Å². The van der Waals surface area contributed by atoms with Crippen LogP contribution in [0.5, 0.6) is 0 Å². The fraction of sp³-hybridized carbons (Fsp3) is 0.594. The Labute approximate surface area is 280 Å². The number of amides is 4. The van der Waals surface area contributed by atoms with Crippen LogP contribution in [0.1, 0.15) is 53.3 Å². The molecule has 1 aromatic carbocycles. The molecule has 47 heavy (non-hydrogen) atoms. The largest absolute Gasteiger partial charge is 0.408 e. The molecule has 3 heterocycles. The highest BCUT2D eigenvalue weighted by molar-refractivity contribution is 6.74. The van der Waals surface area contributed by atoms with Crippen LogP contribution in [0, 0.1) is 0 Å². The number of hydrogen-bond donors (Lipinski definition) is 4. The molecule has 4 amide bonds. The number of nitrogens with zero attached hydrogens (tertiary/aromatic N) is 4. The monoisotopic (exact) mass is 684 g/mol. The lowest BCUT2D eigenvalue weighted by Gasteiger charge is -2.44. The Balaban J connectivity index is 1.72. The molecule has 2 aromatic heterocycles. The van der Waals surface area contributed by atoms with E-state index in [9.17, 15) is 9.59 Å². The van der Waals surface area contributed by atoms with Crippen molar-refractivity contribution >= 4 is 45.7 Å². The Bertz CT molecular complexity index is 1540. The van der Waals surface area contributed by atoms with Crippen LogP contribution < -0.4 is 21.3 Å². The number of benzene rings is 1.